The van der Waals surface area contributed by atoms with Gasteiger partial charge in [-0.1, -0.05) is 47.5 Å². The Hall–Kier alpha value is -3.08. The summed E-state index contributed by atoms with van der Waals surface area (Å²) in [7, 11) is 0. The minimum absolute atomic E-state index is 0.237. The van der Waals surface area contributed by atoms with Crippen molar-refractivity contribution < 1.29 is 9.59 Å². The van der Waals surface area contributed by atoms with Crippen LogP contribution in [0.4, 0.5) is 10.5 Å². The predicted molar refractivity (Wildman–Crippen MR) is 98.1 cm³/mol. The van der Waals surface area contributed by atoms with Crippen LogP contribution in [0.3, 0.4) is 0 Å². The number of carbonyl (C=O) groups excluding carboxylic acids is 2. The molecular formula is C20H21N3O2. The molecule has 3 N–H and O–H groups in total. The molecule has 0 aromatic heterocycles. The van der Waals surface area contributed by atoms with Crippen molar-refractivity contribution in [1.29, 1.82) is 0 Å². The van der Waals surface area contributed by atoms with Crippen molar-refractivity contribution in [3.05, 3.63) is 76.5 Å². The minimum atomic E-state index is -0.486. The van der Waals surface area contributed by atoms with Gasteiger partial charge < -0.3 is 16.0 Å². The maximum Gasteiger partial charge on any atom is 0.319 e. The van der Waals surface area contributed by atoms with Crippen LogP contribution in [-0.2, 0) is 4.79 Å². The van der Waals surface area contributed by atoms with Crippen molar-refractivity contribution in [3.8, 4) is 0 Å². The summed E-state index contributed by atoms with van der Waals surface area (Å²) in [6.45, 7) is 5.73. The van der Waals surface area contributed by atoms with E-state index in [-0.39, 0.29) is 11.9 Å². The van der Waals surface area contributed by atoms with E-state index in [4.69, 9.17) is 0 Å². The molecule has 2 aromatic carbocycles. The highest BCUT2D eigenvalue weighted by Gasteiger charge is 2.31. The van der Waals surface area contributed by atoms with Gasteiger partial charge in [0.1, 0.15) is 0 Å². The molecule has 0 saturated heterocycles. The maximum absolute atomic E-state index is 12.9. The lowest BCUT2D eigenvalue weighted by molar-refractivity contribution is -0.113. The maximum atomic E-state index is 12.9. The zero-order valence-corrected chi connectivity index (χ0v) is 14.5. The Morgan fingerprint density at radius 1 is 0.920 bits per heavy atom. The first-order valence-electron chi connectivity index (χ1n) is 8.17. The van der Waals surface area contributed by atoms with Crippen LogP contribution in [-0.4, -0.2) is 11.9 Å². The fourth-order valence-electron chi connectivity index (χ4n) is 2.84. The van der Waals surface area contributed by atoms with Gasteiger partial charge in [0.25, 0.3) is 5.91 Å². The summed E-state index contributed by atoms with van der Waals surface area (Å²) < 4.78 is 0. The van der Waals surface area contributed by atoms with Gasteiger partial charge in [0.15, 0.2) is 0 Å². The van der Waals surface area contributed by atoms with Crippen molar-refractivity contribution in [2.24, 2.45) is 0 Å². The number of urea groups is 1. The van der Waals surface area contributed by atoms with Gasteiger partial charge in [-0.05, 0) is 38.5 Å². The van der Waals surface area contributed by atoms with Crippen molar-refractivity contribution in [2.75, 3.05) is 5.32 Å². The molecule has 1 unspecified atom stereocenters. The van der Waals surface area contributed by atoms with Gasteiger partial charge in [-0.3, -0.25) is 4.79 Å². The molecule has 1 aliphatic heterocycles. The Bertz CT molecular complexity index is 836. The Balaban J connectivity index is 1.92. The third-order valence-corrected chi connectivity index (χ3v) is 4.23. The van der Waals surface area contributed by atoms with E-state index in [0.717, 1.165) is 22.4 Å². The molecule has 0 aliphatic carbocycles. The Kier molecular flexibility index (Phi) is 4.57. The summed E-state index contributed by atoms with van der Waals surface area (Å²) in [6.07, 6.45) is 0. The fourth-order valence-corrected chi connectivity index (χ4v) is 2.84. The first-order chi connectivity index (χ1) is 11.9. The summed E-state index contributed by atoms with van der Waals surface area (Å²) in [5.41, 5.74) is 4.89. The Morgan fingerprint density at radius 3 is 2.08 bits per heavy atom. The number of rotatable bonds is 3. The van der Waals surface area contributed by atoms with Crippen LogP contribution < -0.4 is 16.0 Å². The molecule has 0 fully saturated rings. The second-order valence-corrected chi connectivity index (χ2v) is 6.30. The van der Waals surface area contributed by atoms with Crippen LogP contribution in [0.5, 0.6) is 0 Å². The van der Waals surface area contributed by atoms with E-state index in [1.54, 1.807) is 6.92 Å². The van der Waals surface area contributed by atoms with Crippen molar-refractivity contribution in [1.82, 2.24) is 10.6 Å². The van der Waals surface area contributed by atoms with Crippen LogP contribution in [0.2, 0.25) is 0 Å². The SMILES string of the molecule is CC1=C(C(=O)Nc2ccc(C)cc2)C(c2ccc(C)cc2)NC(=O)N1. The first kappa shape index (κ1) is 16.8. The predicted octanol–water partition coefficient (Wildman–Crippen LogP) is 3.57. The standard InChI is InChI=1S/C20H21N3O2/c1-12-4-8-15(9-5-12)18-17(14(3)21-20(25)23-18)19(24)22-16-10-6-13(2)7-11-16/h4-11,18H,1-3H3,(H,22,24)(H2,21,23,25). The summed E-state index contributed by atoms with van der Waals surface area (Å²) in [6, 6.07) is 14.6. The van der Waals surface area contributed by atoms with Gasteiger partial charge in [0, 0.05) is 11.4 Å². The van der Waals surface area contributed by atoms with Gasteiger partial charge >= 0.3 is 6.03 Å². The van der Waals surface area contributed by atoms with Gasteiger partial charge in [-0.25, -0.2) is 4.79 Å². The second-order valence-electron chi connectivity index (χ2n) is 6.30. The molecule has 3 rings (SSSR count). The smallest absolute Gasteiger partial charge is 0.319 e. The molecule has 1 aliphatic rings. The van der Waals surface area contributed by atoms with E-state index in [2.05, 4.69) is 16.0 Å². The van der Waals surface area contributed by atoms with Crippen molar-refractivity contribution in [2.45, 2.75) is 26.8 Å². The lowest BCUT2D eigenvalue weighted by Crippen LogP contribution is -2.45. The molecule has 128 valence electrons. The van der Waals surface area contributed by atoms with E-state index in [1.165, 1.54) is 0 Å². The molecular weight excluding hydrogens is 314 g/mol. The average molecular weight is 335 g/mol. The molecule has 0 bridgehead atoms. The third kappa shape index (κ3) is 3.71. The summed E-state index contributed by atoms with van der Waals surface area (Å²) >= 11 is 0. The van der Waals surface area contributed by atoms with Crippen LogP contribution >= 0.6 is 0 Å². The fraction of sp³-hybridized carbons (Fsp3) is 0.200. The highest BCUT2D eigenvalue weighted by atomic mass is 16.2. The van der Waals surface area contributed by atoms with Crippen LogP contribution in [0, 0.1) is 13.8 Å². The second kappa shape index (κ2) is 6.81. The summed E-state index contributed by atoms with van der Waals surface area (Å²) in [5, 5.41) is 8.43. The number of hydrogen-bond acceptors (Lipinski definition) is 2. The van der Waals surface area contributed by atoms with Gasteiger partial charge in [0.05, 0.1) is 11.6 Å². The topological polar surface area (TPSA) is 70.2 Å². The zero-order chi connectivity index (χ0) is 18.0. The summed E-state index contributed by atoms with van der Waals surface area (Å²) in [4.78, 5) is 24.8. The number of hydrogen-bond donors (Lipinski definition) is 3. The third-order valence-electron chi connectivity index (χ3n) is 4.23. The van der Waals surface area contributed by atoms with Gasteiger partial charge in [-0.15, -0.1) is 0 Å². The van der Waals surface area contributed by atoms with Crippen LogP contribution in [0.1, 0.15) is 29.7 Å². The number of aryl methyl sites for hydroxylation is 2. The van der Waals surface area contributed by atoms with Crippen molar-refractivity contribution >= 4 is 17.6 Å². The lowest BCUT2D eigenvalue weighted by Gasteiger charge is -2.28. The quantitative estimate of drug-likeness (QED) is 0.802. The molecule has 0 saturated carbocycles. The van der Waals surface area contributed by atoms with E-state index < -0.39 is 6.04 Å². The zero-order valence-electron chi connectivity index (χ0n) is 14.5. The molecule has 1 heterocycles. The molecule has 25 heavy (non-hydrogen) atoms. The van der Waals surface area contributed by atoms with Crippen molar-refractivity contribution in [3.63, 3.8) is 0 Å². The highest BCUT2D eigenvalue weighted by molar-refractivity contribution is 6.06. The number of nitrogens with one attached hydrogen (secondary N) is 3. The average Bonchev–Trinajstić information content (AvgIpc) is 2.57. The molecule has 1 atom stereocenters. The number of amides is 3. The molecule has 0 spiro atoms. The largest absolute Gasteiger partial charge is 0.327 e. The highest BCUT2D eigenvalue weighted by Crippen LogP contribution is 2.28. The molecule has 5 heteroatoms. The van der Waals surface area contributed by atoms with E-state index in [1.807, 2.05) is 62.4 Å². The monoisotopic (exact) mass is 335 g/mol. The van der Waals surface area contributed by atoms with Gasteiger partial charge in [-0.2, -0.15) is 0 Å². The minimum Gasteiger partial charge on any atom is -0.327 e. The summed E-state index contributed by atoms with van der Waals surface area (Å²) in [5.74, 6) is -0.237. The number of anilines is 1. The van der Waals surface area contributed by atoms with Gasteiger partial charge in [0.2, 0.25) is 0 Å². The van der Waals surface area contributed by atoms with E-state index in [0.29, 0.717) is 11.3 Å². The number of carbonyl (C=O) groups is 2. The molecule has 0 radical (unpaired) electrons. The molecule has 5 nitrogen and oxygen atoms in total. The number of benzene rings is 2. The van der Waals surface area contributed by atoms with E-state index >= 15 is 0 Å². The normalized spacial score (nSPS) is 16.9. The molecule has 2 aromatic rings. The Morgan fingerprint density at radius 2 is 1.48 bits per heavy atom. The Labute approximate surface area is 147 Å². The van der Waals surface area contributed by atoms with Crippen LogP contribution in [0.15, 0.2) is 59.8 Å². The number of allylic oxidation sites excluding steroid dienone is 1. The molecule has 3 amide bonds. The van der Waals surface area contributed by atoms with E-state index in [9.17, 15) is 9.59 Å². The first-order valence-corrected chi connectivity index (χ1v) is 8.17. The lowest BCUT2D eigenvalue weighted by atomic mass is 9.94. The van der Waals surface area contributed by atoms with Crippen LogP contribution in [0.25, 0.3) is 0 Å².